The van der Waals surface area contributed by atoms with Crippen molar-refractivity contribution in [3.05, 3.63) is 75.2 Å². The van der Waals surface area contributed by atoms with Crippen molar-refractivity contribution in [2.24, 2.45) is 0 Å². The Morgan fingerprint density at radius 1 is 1.21 bits per heavy atom. The minimum Gasteiger partial charge on any atom is -0.508 e. The van der Waals surface area contributed by atoms with Crippen LogP contribution >= 0.6 is 0 Å². The number of anilines is 1. The molecule has 1 saturated heterocycles. The quantitative estimate of drug-likeness (QED) is 0.371. The van der Waals surface area contributed by atoms with Crippen molar-refractivity contribution >= 4 is 22.6 Å². The normalized spacial score (nSPS) is 15.7. The molecule has 2 heterocycles. The first-order valence-electron chi connectivity index (χ1n) is 11.4. The fourth-order valence-corrected chi connectivity index (χ4v) is 3.87. The molecular weight excluding hydrogens is 434 g/mol. The first-order chi connectivity index (χ1) is 16.3. The lowest BCUT2D eigenvalue weighted by atomic mass is 10.0. The fraction of sp³-hybridized carbons (Fsp3) is 0.333. The zero-order valence-corrected chi connectivity index (χ0v) is 19.6. The van der Waals surface area contributed by atoms with Crippen LogP contribution in [0.3, 0.4) is 0 Å². The first-order valence-corrected chi connectivity index (χ1v) is 11.4. The number of benzene rings is 2. The Bertz CT molecular complexity index is 1300. The zero-order valence-electron chi connectivity index (χ0n) is 19.6. The maximum absolute atomic E-state index is 12.8. The standard InChI is InChI=1S/C27H29NO6/c1-16(2)7-8-18-14-20(9-11-22(18)29)26(30)28-21-15-19-10-12-23(17(3)25(19)34-27(21)31)33-24-6-4-5-13-32-24/h7,9-12,14-15,24,29H,4-6,8,13H2,1-3H3,(H,28,30)/t24-/m1/s1. The maximum Gasteiger partial charge on any atom is 0.360 e. The van der Waals surface area contributed by atoms with Crippen molar-refractivity contribution in [3.8, 4) is 11.5 Å². The van der Waals surface area contributed by atoms with Crippen LogP contribution in [0.2, 0.25) is 0 Å². The summed E-state index contributed by atoms with van der Waals surface area (Å²) in [6.45, 7) is 6.43. The van der Waals surface area contributed by atoms with Crippen molar-refractivity contribution < 1.29 is 23.8 Å². The van der Waals surface area contributed by atoms with Crippen LogP contribution in [0.4, 0.5) is 5.69 Å². The van der Waals surface area contributed by atoms with E-state index >= 15 is 0 Å². The molecular formula is C27H29NO6. The third-order valence-electron chi connectivity index (χ3n) is 5.82. The predicted octanol–water partition coefficient (Wildman–Crippen LogP) is 5.47. The molecule has 1 amide bonds. The van der Waals surface area contributed by atoms with Crippen molar-refractivity contribution in [1.82, 2.24) is 0 Å². The Morgan fingerprint density at radius 2 is 2.03 bits per heavy atom. The van der Waals surface area contributed by atoms with Crippen LogP contribution in [0.1, 0.15) is 54.6 Å². The number of ether oxygens (including phenoxy) is 2. The van der Waals surface area contributed by atoms with Crippen LogP contribution < -0.4 is 15.7 Å². The van der Waals surface area contributed by atoms with Gasteiger partial charge in [-0.05, 0) is 82.0 Å². The van der Waals surface area contributed by atoms with Crippen LogP contribution in [-0.4, -0.2) is 23.9 Å². The molecule has 1 aliphatic rings. The van der Waals surface area contributed by atoms with Gasteiger partial charge in [0, 0.05) is 22.9 Å². The second kappa shape index (κ2) is 10.1. The molecule has 34 heavy (non-hydrogen) atoms. The topological polar surface area (TPSA) is 98.0 Å². The lowest BCUT2D eigenvalue weighted by Gasteiger charge is -2.24. The molecule has 2 aromatic carbocycles. The van der Waals surface area contributed by atoms with Crippen molar-refractivity contribution in [2.75, 3.05) is 11.9 Å². The Balaban J connectivity index is 1.56. The van der Waals surface area contributed by atoms with Gasteiger partial charge < -0.3 is 24.3 Å². The molecule has 178 valence electrons. The highest BCUT2D eigenvalue weighted by atomic mass is 16.7. The number of allylic oxidation sites excluding steroid dienone is 2. The largest absolute Gasteiger partial charge is 0.508 e. The molecule has 7 nitrogen and oxygen atoms in total. The second-order valence-electron chi connectivity index (χ2n) is 8.75. The smallest absolute Gasteiger partial charge is 0.360 e. The summed E-state index contributed by atoms with van der Waals surface area (Å²) >= 11 is 0. The molecule has 0 radical (unpaired) electrons. The Kier molecular flexibility index (Phi) is 7.03. The molecule has 1 fully saturated rings. The summed E-state index contributed by atoms with van der Waals surface area (Å²) in [5.74, 6) is 0.259. The Morgan fingerprint density at radius 3 is 2.76 bits per heavy atom. The van der Waals surface area contributed by atoms with E-state index in [1.807, 2.05) is 32.9 Å². The van der Waals surface area contributed by atoms with E-state index in [-0.39, 0.29) is 17.7 Å². The molecule has 0 bridgehead atoms. The number of carbonyl (C=O) groups excluding carboxylic acids is 1. The van der Waals surface area contributed by atoms with E-state index < -0.39 is 11.5 Å². The Hall–Kier alpha value is -3.58. The zero-order chi connectivity index (χ0) is 24.2. The molecule has 7 heteroatoms. The van der Waals surface area contributed by atoms with Crippen LogP contribution in [0.5, 0.6) is 11.5 Å². The average molecular weight is 464 g/mol. The lowest BCUT2D eigenvalue weighted by Crippen LogP contribution is -2.25. The van der Waals surface area contributed by atoms with Gasteiger partial charge in [-0.3, -0.25) is 4.79 Å². The number of fused-ring (bicyclic) bond motifs is 1. The lowest BCUT2D eigenvalue weighted by molar-refractivity contribution is -0.106. The molecule has 1 aliphatic heterocycles. The van der Waals surface area contributed by atoms with Crippen LogP contribution in [0.25, 0.3) is 11.0 Å². The van der Waals surface area contributed by atoms with E-state index in [0.29, 0.717) is 46.4 Å². The summed E-state index contributed by atoms with van der Waals surface area (Å²) in [7, 11) is 0. The highest BCUT2D eigenvalue weighted by Gasteiger charge is 2.19. The summed E-state index contributed by atoms with van der Waals surface area (Å²) in [4.78, 5) is 25.5. The van der Waals surface area contributed by atoms with E-state index in [1.54, 1.807) is 18.2 Å². The van der Waals surface area contributed by atoms with E-state index in [9.17, 15) is 14.7 Å². The van der Waals surface area contributed by atoms with E-state index in [0.717, 1.165) is 24.8 Å². The van der Waals surface area contributed by atoms with Crippen molar-refractivity contribution in [1.29, 1.82) is 0 Å². The van der Waals surface area contributed by atoms with E-state index in [1.165, 1.54) is 12.1 Å². The molecule has 1 atom stereocenters. The van der Waals surface area contributed by atoms with Gasteiger partial charge in [-0.1, -0.05) is 11.6 Å². The number of carbonyl (C=O) groups is 1. The third kappa shape index (κ3) is 5.31. The number of phenols is 1. The monoisotopic (exact) mass is 463 g/mol. The van der Waals surface area contributed by atoms with Crippen LogP contribution in [0, 0.1) is 6.92 Å². The molecule has 0 aliphatic carbocycles. The van der Waals surface area contributed by atoms with Crippen LogP contribution in [0.15, 0.2) is 57.3 Å². The number of aromatic hydroxyl groups is 1. The average Bonchev–Trinajstić information content (AvgIpc) is 2.82. The number of aryl methyl sites for hydroxylation is 1. The number of amides is 1. The van der Waals surface area contributed by atoms with E-state index in [2.05, 4.69) is 5.32 Å². The fourth-order valence-electron chi connectivity index (χ4n) is 3.87. The highest BCUT2D eigenvalue weighted by molar-refractivity contribution is 6.05. The first kappa shape index (κ1) is 23.6. The molecule has 1 aromatic heterocycles. The second-order valence-corrected chi connectivity index (χ2v) is 8.75. The van der Waals surface area contributed by atoms with Gasteiger partial charge in [-0.25, -0.2) is 4.79 Å². The third-order valence-corrected chi connectivity index (χ3v) is 5.82. The summed E-state index contributed by atoms with van der Waals surface area (Å²) in [6.07, 6.45) is 5.06. The van der Waals surface area contributed by atoms with Crippen molar-refractivity contribution in [2.45, 2.75) is 52.7 Å². The molecule has 0 unspecified atom stereocenters. The molecule has 2 N–H and O–H groups in total. The van der Waals surface area contributed by atoms with Gasteiger partial charge in [0.05, 0.1) is 6.61 Å². The molecule has 3 aromatic rings. The number of hydrogen-bond donors (Lipinski definition) is 2. The number of phenolic OH excluding ortho intramolecular Hbond substituents is 1. The van der Waals surface area contributed by atoms with Gasteiger partial charge >= 0.3 is 5.63 Å². The van der Waals surface area contributed by atoms with Gasteiger partial charge in [0.1, 0.15) is 22.8 Å². The van der Waals surface area contributed by atoms with E-state index in [4.69, 9.17) is 13.9 Å². The SMILES string of the molecule is CC(C)=CCc1cc(C(=O)Nc2cc3ccc(O[C@@H]4CCCCO4)c(C)c3oc2=O)ccc1O. The molecule has 0 saturated carbocycles. The van der Waals surface area contributed by atoms with Gasteiger partial charge in [0.15, 0.2) is 6.29 Å². The van der Waals surface area contributed by atoms with Gasteiger partial charge in [-0.15, -0.1) is 0 Å². The van der Waals surface area contributed by atoms with Gasteiger partial charge in [0.25, 0.3) is 5.91 Å². The Labute approximate surface area is 198 Å². The maximum atomic E-state index is 12.8. The van der Waals surface area contributed by atoms with Gasteiger partial charge in [0.2, 0.25) is 0 Å². The summed E-state index contributed by atoms with van der Waals surface area (Å²) in [5.41, 5.74) is 2.57. The summed E-state index contributed by atoms with van der Waals surface area (Å²) < 4.78 is 17.2. The summed E-state index contributed by atoms with van der Waals surface area (Å²) in [6, 6.07) is 9.81. The molecule has 0 spiro atoms. The van der Waals surface area contributed by atoms with Crippen molar-refractivity contribution in [3.63, 3.8) is 0 Å². The predicted molar refractivity (Wildman–Crippen MR) is 131 cm³/mol. The number of hydrogen-bond acceptors (Lipinski definition) is 6. The summed E-state index contributed by atoms with van der Waals surface area (Å²) in [5, 5.41) is 13.4. The molecule has 4 rings (SSSR count). The highest BCUT2D eigenvalue weighted by Crippen LogP contribution is 2.30. The number of nitrogens with one attached hydrogen (secondary N) is 1. The minimum atomic E-state index is -0.654. The van der Waals surface area contributed by atoms with Crippen LogP contribution in [-0.2, 0) is 11.2 Å². The number of rotatable bonds is 6. The minimum absolute atomic E-state index is 0.0418. The van der Waals surface area contributed by atoms with Gasteiger partial charge in [-0.2, -0.15) is 0 Å².